The second kappa shape index (κ2) is 130. The van der Waals surface area contributed by atoms with Gasteiger partial charge in [0, 0.05) is 955 Å². The summed E-state index contributed by atoms with van der Waals surface area (Å²) in [6, 6.07) is 0. The fraction of sp³-hybridized carbons (Fsp3) is 0. The van der Waals surface area contributed by atoms with E-state index in [-0.39, 0.29) is 0 Å². The Hall–Kier alpha value is 23.5. The van der Waals surface area contributed by atoms with E-state index in [2.05, 4.69) is 0 Å². The van der Waals surface area contributed by atoms with Crippen LogP contribution in [0.15, 0.2) is 0 Å². The first-order chi connectivity index (χ1) is 53.4. The van der Waals surface area contributed by atoms with Gasteiger partial charge in [-0.1, -0.05) is 0 Å². The van der Waals surface area contributed by atoms with E-state index in [1.165, 1.54) is 17.8 Å². The van der Waals surface area contributed by atoms with Gasteiger partial charge in [-0.2, -0.15) is 0 Å². The molecule has 0 fully saturated rings. The lowest BCUT2D eigenvalue weighted by atomic mass is 30.7. The average Bonchev–Trinajstić information content (AvgIpc) is 3.82. The highest BCUT2D eigenvalue weighted by Crippen LogP contribution is 1.51. The average molecular weight is 3430 g/mol. The molecule has 0 nitrogen and oxygen atoms in total. The van der Waals surface area contributed by atoms with Crippen LogP contribution < -0.4 is 0 Å². The fourth-order valence-corrected chi connectivity index (χ4v) is 284. The van der Waals surface area contributed by atoms with E-state index < -0.39 is 0 Å². The molecule has 0 heterocycles. The standard InChI is InChI=1S/S107/c1-3-5-7-9-11-13-15-17-19-21-23-25-27-29-31-33-35-37-39-41-43-45-47-49-51-53-55-57-59-61-63-65-67-69-71-73-75-77-79-81-83-85-87-89-91-93-95-97-99-101-103-105-107-106-104-102-100-98-96-94-92-90-88-86-84-82-80-78-76-74-72-70-68-66-64-62-60-58-56-54-52-50-48-46-44-42-40-38-36-34-32-30-28-26-24-22-20-18-16-14-12-10-8-6-4-2. The van der Waals surface area contributed by atoms with Gasteiger partial charge in [-0.3, -0.25) is 0 Å². The molecule has 0 unspecified atom stereocenters. The lowest BCUT2D eigenvalue weighted by Crippen LogP contribution is -1.42. The van der Waals surface area contributed by atoms with Gasteiger partial charge in [0.25, 0.3) is 0 Å². The largest absolute Gasteiger partial charge is 0 e. The number of hydrogen-bond donors (Lipinski definition) is 0. The monoisotopic (exact) mass is 3420 g/mol. The van der Waals surface area contributed by atoms with E-state index in [0.717, 1.165) is 0 Å². The molecule has 0 amide bonds. The molecule has 0 N–H and O–H groups in total. The first kappa shape index (κ1) is 131. The fourth-order valence-electron chi connectivity index (χ4n) is 1.17. The Kier molecular flexibility index (Phi) is 158. The van der Waals surface area contributed by atoms with E-state index in [9.17, 15) is 0 Å². The van der Waals surface area contributed by atoms with E-state index in [0.29, 0.717) is 0 Å². The number of rotatable bonds is 0. The molecule has 107 heavy (non-hydrogen) atoms. The molecule has 0 rings (SSSR count). The zero-order valence-electron chi connectivity index (χ0n) is 43.7. The third kappa shape index (κ3) is 130. The molecule has 642 valence electrons. The molecule has 0 aromatic rings. The van der Waals surface area contributed by atoms with Crippen LogP contribution in [0.3, 0.4) is 0 Å². The van der Waals surface area contributed by atoms with Crippen molar-refractivity contribution in [2.45, 2.75) is 0 Å². The van der Waals surface area contributed by atoms with Gasteiger partial charge in [0.05, 0.1) is 0 Å². The predicted molar refractivity (Wildman–Crippen MR) is 788 cm³/mol. The Morgan fingerprint density at radius 3 is 0.103 bits per heavy atom. The normalized spacial score (nSPS) is 7.89. The number of hydrogen-bond acceptors (Lipinski definition) is 2. The summed E-state index contributed by atoms with van der Waals surface area (Å²) in [4.78, 5) is 0. The summed E-state index contributed by atoms with van der Waals surface area (Å²) in [5, 5.41) is 0. The minimum Gasteiger partial charge on any atom is 0 e. The minimum atomic E-state index is 1.37. The highest BCUT2D eigenvalue weighted by molar-refractivity contribution is 8.88. The maximum atomic E-state index is 4.83. The van der Waals surface area contributed by atoms with Crippen LogP contribution in [-0.4, -0.2) is 0 Å². The summed E-state index contributed by atoms with van der Waals surface area (Å²) in [7, 11) is 190. The van der Waals surface area contributed by atoms with Gasteiger partial charge in [0.1, 0.15) is 0 Å². The van der Waals surface area contributed by atoms with Crippen molar-refractivity contribution in [2.75, 3.05) is 0 Å². The highest BCUT2D eigenvalue weighted by Gasteiger charge is 1.51. The van der Waals surface area contributed by atoms with Crippen molar-refractivity contribution in [3.63, 3.8) is 0 Å². The third-order valence-corrected chi connectivity index (χ3v) is 234. The molecule has 0 saturated carbocycles. The van der Waals surface area contributed by atoms with E-state index in [1.807, 2.05) is 808 Å². The van der Waals surface area contributed by atoms with Gasteiger partial charge in [-0.15, -0.1) is 0 Å². The predicted octanol–water partition coefficient (Wildman–Crippen LogP) is -0.257. The zero-order chi connectivity index (χ0) is 76.2. The molecule has 0 atom stereocenters. The van der Waals surface area contributed by atoms with E-state index >= 15 is 0 Å². The quantitative estimate of drug-likeness (QED) is 0.329. The Morgan fingerprint density at radius 1 is 0.0467 bits per heavy atom. The SMILES string of the molecule is S=S=S=S=S=S=S=S=S=S=S=S=S=S=S=S=S=S=S=S=S=S=S=S=S=S=S=S=S=S=S=S=S=S=S=S=S=S=S=S=S=S=S=S=S=S=S=S=S=S=S=S=S=S=S=S=S=S=S=S=S=S=S=S=S=S=S=S=S=S=S=S=S=S=S=S=S=S=S=S=S=S=S=S=S=S=S=S=S=S=S=S=S=S=S=S=S=S=S=S=S=S=S=S=S=S=S. The van der Waals surface area contributed by atoms with Crippen molar-refractivity contribution in [1.29, 1.82) is 0 Å². The molecule has 0 bridgehead atoms. The molecular formula is S107. The van der Waals surface area contributed by atoms with Crippen molar-refractivity contribution in [2.24, 2.45) is 0 Å². The second-order valence-corrected chi connectivity index (χ2v) is 193. The maximum Gasteiger partial charge on any atom is 0 e. The van der Waals surface area contributed by atoms with Gasteiger partial charge in [-0.25, -0.2) is 0 Å². The van der Waals surface area contributed by atoms with Gasteiger partial charge >= 0.3 is 0 Å². The Morgan fingerprint density at radius 2 is 0.0748 bits per heavy atom. The van der Waals surface area contributed by atoms with Crippen LogP contribution in [0.25, 0.3) is 0 Å². The summed E-state index contributed by atoms with van der Waals surface area (Å²) >= 11 is 9.66. The summed E-state index contributed by atoms with van der Waals surface area (Å²) in [6.07, 6.45) is 0. The zero-order valence-corrected chi connectivity index (χ0v) is 131. The van der Waals surface area contributed by atoms with Crippen molar-refractivity contribution >= 4 is 955 Å². The molecule has 0 aliphatic carbocycles. The first-order valence-corrected chi connectivity index (χ1v) is 159. The first-order valence-electron chi connectivity index (χ1n) is 17.7. The topological polar surface area (TPSA) is 0 Å². The van der Waals surface area contributed by atoms with Crippen LogP contribution >= 0.6 is 0 Å². The lowest BCUT2D eigenvalue weighted by Gasteiger charge is -1.41. The molecule has 0 aliphatic heterocycles. The van der Waals surface area contributed by atoms with Crippen LogP contribution in [0.4, 0.5) is 0 Å². The highest BCUT2D eigenvalue weighted by atomic mass is 33.6. The van der Waals surface area contributed by atoms with Crippen LogP contribution in [0.1, 0.15) is 0 Å². The minimum absolute atomic E-state index is 1.37. The van der Waals surface area contributed by atoms with Gasteiger partial charge < -0.3 is 0 Å². The van der Waals surface area contributed by atoms with Gasteiger partial charge in [0.15, 0.2) is 0 Å². The van der Waals surface area contributed by atoms with Crippen molar-refractivity contribution in [3.8, 4) is 0 Å². The molecule has 0 aromatic carbocycles. The van der Waals surface area contributed by atoms with Crippen molar-refractivity contribution in [1.82, 2.24) is 0 Å². The summed E-state index contributed by atoms with van der Waals surface area (Å²) in [6.45, 7) is 0. The van der Waals surface area contributed by atoms with Crippen LogP contribution in [-0.2, 0) is 955 Å². The molecule has 0 aliphatic rings. The summed E-state index contributed by atoms with van der Waals surface area (Å²) in [5.41, 5.74) is 0. The third-order valence-electron chi connectivity index (χ3n) is 2.89. The Balaban J connectivity index is 6.19. The molecule has 0 radical (unpaired) electrons. The Bertz CT molecular complexity index is 8080. The summed E-state index contributed by atoms with van der Waals surface area (Å²) in [5.74, 6) is 0. The van der Waals surface area contributed by atoms with Crippen molar-refractivity contribution < 1.29 is 0 Å². The molecule has 0 saturated heterocycles. The van der Waals surface area contributed by atoms with Crippen LogP contribution in [0.2, 0.25) is 0 Å². The molecule has 107 heteroatoms. The van der Waals surface area contributed by atoms with Gasteiger partial charge in [-0.05, 0) is 0 Å². The molecular weight excluding hydrogens is 3430 g/mol. The second-order valence-electron chi connectivity index (χ2n) is 7.14. The Labute approximate surface area is 924 Å². The lowest BCUT2D eigenvalue weighted by molar-refractivity contribution is 5.95. The van der Waals surface area contributed by atoms with Crippen molar-refractivity contribution in [3.05, 3.63) is 0 Å². The smallest absolute Gasteiger partial charge is 0 e. The molecule has 0 aromatic heterocycles. The van der Waals surface area contributed by atoms with Gasteiger partial charge in [0.2, 0.25) is 0 Å². The van der Waals surface area contributed by atoms with E-state index in [4.69, 9.17) is 22.4 Å². The summed E-state index contributed by atoms with van der Waals surface area (Å²) < 4.78 is 0. The molecule has 0 spiro atoms. The van der Waals surface area contributed by atoms with Crippen LogP contribution in [0.5, 0.6) is 0 Å². The van der Waals surface area contributed by atoms with Crippen LogP contribution in [0, 0.1) is 0 Å². The maximum absolute atomic E-state index is 4.83. The van der Waals surface area contributed by atoms with E-state index in [1.54, 1.807) is 107 Å².